The van der Waals surface area contributed by atoms with Crippen molar-refractivity contribution in [1.29, 1.82) is 0 Å². The summed E-state index contributed by atoms with van der Waals surface area (Å²) in [6.45, 7) is 4.85. The predicted molar refractivity (Wildman–Crippen MR) is 325 cm³/mol. The summed E-state index contributed by atoms with van der Waals surface area (Å²) in [5.74, 6) is 1.22. The van der Waals surface area contributed by atoms with Crippen LogP contribution in [0.25, 0.3) is 0 Å². The SMILES string of the molecule is COC(=O)c1ccc(CBr)cc1.COC(=O)c1ccc(CS)cc1.COOC(=O)c1ccc(CS)cc1.ClCCN1CCOCC1.Nc1ccccc1NC(=O)c1ccc(CS)cc1.O=C(O)c1ccc(CS)cc1.S.[Ar].[Ar].[Ar].[Ar].[Ar]. The van der Waals surface area contributed by atoms with Crippen LogP contribution in [0.5, 0.6) is 0 Å². The molecule has 6 aromatic carbocycles. The third-order valence-electron chi connectivity index (χ3n) is 10.1. The van der Waals surface area contributed by atoms with Crippen LogP contribution in [-0.4, -0.2) is 99.8 Å². The van der Waals surface area contributed by atoms with Crippen molar-refractivity contribution in [3.05, 3.63) is 201 Å². The molecule has 1 aliphatic heterocycles. The predicted octanol–water partition coefficient (Wildman–Crippen LogP) is 11.5. The second-order valence-corrected chi connectivity index (χ2v) is 17.5. The number of hydrogen-bond acceptors (Lipinski definition) is 16. The molecule has 0 atom stereocenters. The van der Waals surface area contributed by atoms with Gasteiger partial charge in [-0.2, -0.15) is 68.9 Å². The summed E-state index contributed by atoms with van der Waals surface area (Å²) >= 11 is 25.3. The van der Waals surface area contributed by atoms with E-state index in [-0.39, 0.29) is 220 Å². The molecule has 6 aromatic rings. The number of hydrogen-bond donors (Lipinski definition) is 7. The molecular weight excluding hydrogens is 1350 g/mol. The van der Waals surface area contributed by atoms with Crippen LogP contribution in [0, 0.1) is 189 Å². The topological polar surface area (TPSA) is 193 Å². The first-order valence-electron chi connectivity index (χ1n) is 22.8. The third-order valence-corrected chi connectivity index (χ3v) is 12.4. The number of halogens is 2. The van der Waals surface area contributed by atoms with Crippen LogP contribution in [0.15, 0.2) is 146 Å². The summed E-state index contributed by atoms with van der Waals surface area (Å²) in [5.41, 5.74) is 14.9. The standard InChI is InChI=1S/C14H14N2OS.C9H9BrO2.C9H10O3S.C9H10O2S.C8H8O2S.C6H12ClNO.5Ar.H2S/c15-12-3-1-2-4-13(12)16-14(17)11-7-5-10(9-18)6-8-11;1-12-9(11)8-4-2-7(6-10)3-5-8;1-11-12-9(10)8-4-2-7(6-13)3-5-8;1-11-9(10)8-4-2-7(6-12)3-5-8;9-8(10)7-3-1-6(5-11)2-4-7;7-1-2-8-3-5-9-6-4-8;;;;;;/h1-8,18H,9,15H2,(H,16,17);2-5H,6H2,1H3;2-5,13H,6H2,1H3;2-5,12H,6H2,1H3;1-4,11H,5H2,(H,9,10);1-6H2;;;;;;1H2. The summed E-state index contributed by atoms with van der Waals surface area (Å²) in [7, 11) is 4.04. The number of thiol groups is 4. The van der Waals surface area contributed by atoms with Gasteiger partial charge in [0.2, 0.25) is 0 Å². The summed E-state index contributed by atoms with van der Waals surface area (Å²) < 4.78 is 14.3. The van der Waals surface area contributed by atoms with Crippen molar-refractivity contribution < 1.29 is 242 Å². The number of para-hydroxylation sites is 2. The van der Waals surface area contributed by atoms with Crippen molar-refractivity contribution >= 4 is 133 Å². The van der Waals surface area contributed by atoms with Gasteiger partial charge in [-0.05, 0) is 101 Å². The van der Waals surface area contributed by atoms with Gasteiger partial charge in [0, 0.05) is 248 Å². The van der Waals surface area contributed by atoms with E-state index in [9.17, 15) is 24.0 Å². The third kappa shape index (κ3) is 39.0. The smallest absolute Gasteiger partial charge is 0.373 e. The molecule has 0 spiro atoms. The van der Waals surface area contributed by atoms with Gasteiger partial charge in [-0.25, -0.2) is 19.2 Å². The van der Waals surface area contributed by atoms with Crippen LogP contribution in [0.4, 0.5) is 11.4 Å². The number of aromatic carboxylic acids is 1. The normalized spacial score (nSPS) is 10.4. The molecule has 450 valence electrons. The number of carbonyl (C=O) groups is 5. The van der Waals surface area contributed by atoms with E-state index in [0.29, 0.717) is 62.2 Å². The molecular formula is C55H65Ar5BrClN3O11S5. The van der Waals surface area contributed by atoms with Crippen LogP contribution in [0.2, 0.25) is 0 Å². The van der Waals surface area contributed by atoms with E-state index in [2.05, 4.69) is 95.9 Å². The van der Waals surface area contributed by atoms with Crippen LogP contribution in [-0.2, 0) is 52.3 Å². The van der Waals surface area contributed by atoms with Crippen molar-refractivity contribution in [3.63, 3.8) is 0 Å². The Morgan fingerprint density at radius 1 is 0.568 bits per heavy atom. The number of esters is 2. The molecule has 81 heavy (non-hydrogen) atoms. The molecule has 1 saturated heterocycles. The molecule has 0 saturated carbocycles. The van der Waals surface area contributed by atoms with E-state index in [1.807, 2.05) is 60.7 Å². The Bertz CT molecular complexity index is 2560. The summed E-state index contributed by atoms with van der Waals surface area (Å²) in [6, 6.07) is 42.6. The molecule has 4 N–H and O–H groups in total. The molecule has 0 unspecified atom stereocenters. The van der Waals surface area contributed by atoms with E-state index in [1.165, 1.54) is 21.3 Å². The van der Waals surface area contributed by atoms with E-state index in [0.717, 1.165) is 71.9 Å². The molecule has 0 radical (unpaired) electrons. The zero-order valence-corrected chi connectivity index (χ0v) is 54.5. The van der Waals surface area contributed by atoms with Crippen LogP contribution >= 0.6 is 91.5 Å². The van der Waals surface area contributed by atoms with E-state index < -0.39 is 11.9 Å². The number of nitrogens with one attached hydrogen (secondary N) is 1. The first-order chi connectivity index (χ1) is 36.2. The van der Waals surface area contributed by atoms with Gasteiger partial charge in [0.15, 0.2) is 0 Å². The number of nitrogens with two attached hydrogens (primary N) is 1. The molecule has 14 nitrogen and oxygen atoms in total. The number of methoxy groups -OCH3 is 2. The van der Waals surface area contributed by atoms with Crippen molar-refractivity contribution in [3.8, 4) is 0 Å². The summed E-state index contributed by atoms with van der Waals surface area (Å²) in [6.07, 6.45) is 0. The number of anilines is 2. The molecule has 1 aliphatic rings. The number of carboxylic acid groups (broad SMARTS) is 1. The first-order valence-corrected chi connectivity index (χ1v) is 27.0. The minimum Gasteiger partial charge on any atom is -0.478 e. The number of amides is 1. The van der Waals surface area contributed by atoms with Crippen molar-refractivity contribution in [2.75, 3.05) is 71.1 Å². The van der Waals surface area contributed by atoms with Crippen molar-refractivity contribution in [2.24, 2.45) is 0 Å². The van der Waals surface area contributed by atoms with E-state index in [4.69, 9.17) is 27.2 Å². The fourth-order valence-corrected chi connectivity index (χ4v) is 7.30. The van der Waals surface area contributed by atoms with Crippen molar-refractivity contribution in [1.82, 2.24) is 4.90 Å². The average molecular weight is 1420 g/mol. The fourth-order valence-electron chi connectivity index (χ4n) is 5.85. The Balaban J connectivity index is -0.000000284. The zero-order valence-electron chi connectivity index (χ0n) is 44.0. The summed E-state index contributed by atoms with van der Waals surface area (Å²) in [5, 5.41) is 12.1. The van der Waals surface area contributed by atoms with Gasteiger partial charge >= 0.3 is 23.9 Å². The minimum atomic E-state index is -0.893. The molecule has 26 heteroatoms. The van der Waals surface area contributed by atoms with Gasteiger partial charge in [0.1, 0.15) is 0 Å². The largest absolute Gasteiger partial charge is 0.478 e. The number of benzene rings is 6. The van der Waals surface area contributed by atoms with Gasteiger partial charge in [-0.3, -0.25) is 14.6 Å². The number of morpholine rings is 1. The Hall–Kier alpha value is 1.17. The van der Waals surface area contributed by atoms with Gasteiger partial charge in [-0.1, -0.05) is 88.7 Å². The minimum absolute atomic E-state index is 0. The number of ether oxygens (including phenoxy) is 3. The van der Waals surface area contributed by atoms with Crippen LogP contribution < -0.4 is 11.1 Å². The summed E-state index contributed by atoms with van der Waals surface area (Å²) in [4.78, 5) is 66.3. The quantitative estimate of drug-likeness (QED) is 0.0136. The first kappa shape index (κ1) is 90.9. The Labute approximate surface area is 668 Å². The van der Waals surface area contributed by atoms with Crippen LogP contribution in [0.3, 0.4) is 0 Å². The molecule has 1 amide bonds. The molecule has 0 bridgehead atoms. The van der Waals surface area contributed by atoms with Gasteiger partial charge < -0.3 is 30.4 Å². The second kappa shape index (κ2) is 56.4. The number of nitrogen functional groups attached to an aromatic ring is 1. The molecule has 7 rings (SSSR count). The maximum atomic E-state index is 12.0. The Kier molecular flexibility index (Phi) is 63.3. The van der Waals surface area contributed by atoms with E-state index >= 15 is 0 Å². The maximum absolute atomic E-state index is 12.0. The monoisotopic (exact) mass is 1420 g/mol. The number of rotatable bonds is 14. The molecule has 1 heterocycles. The number of carbonyl (C=O) groups excluding carboxylic acids is 4. The number of alkyl halides is 2. The number of carboxylic acids is 1. The Morgan fingerprint density at radius 2 is 0.914 bits per heavy atom. The Morgan fingerprint density at radius 3 is 1.23 bits per heavy atom. The molecule has 1 fully saturated rings. The average Bonchev–Trinajstić information content (AvgIpc) is 3.46. The zero-order chi connectivity index (χ0) is 55.4. The fraction of sp³-hybridized carbons (Fsp3) is 0.255. The van der Waals surface area contributed by atoms with Gasteiger partial charge in [0.25, 0.3) is 5.91 Å². The molecule has 0 aliphatic carbocycles. The van der Waals surface area contributed by atoms with Gasteiger partial charge in [-0.15, -0.1) is 11.6 Å². The van der Waals surface area contributed by atoms with Crippen LogP contribution in [0.1, 0.15) is 79.6 Å². The second-order valence-electron chi connectivity index (χ2n) is 15.3. The van der Waals surface area contributed by atoms with Gasteiger partial charge in [0.05, 0.1) is 68.2 Å². The molecule has 0 aromatic heterocycles. The number of nitrogens with zero attached hydrogens (tertiary/aromatic N) is 1. The maximum Gasteiger partial charge on any atom is 0.373 e. The van der Waals surface area contributed by atoms with Crippen molar-refractivity contribution in [2.45, 2.75) is 28.3 Å². The van der Waals surface area contributed by atoms with E-state index in [1.54, 1.807) is 84.9 Å².